The number of aryl methyl sites for hydroxylation is 1. The van der Waals surface area contributed by atoms with Crippen LogP contribution in [0.25, 0.3) is 33.4 Å². The number of rotatable bonds is 9. The molecule has 0 saturated heterocycles. The summed E-state index contributed by atoms with van der Waals surface area (Å²) in [5, 5.41) is 0. The molecule has 0 spiro atoms. The van der Waals surface area contributed by atoms with Crippen LogP contribution in [0, 0.1) is 6.92 Å². The Balaban J connectivity index is 0.816. The van der Waals surface area contributed by atoms with Gasteiger partial charge < -0.3 is 29.4 Å². The van der Waals surface area contributed by atoms with E-state index in [0.29, 0.717) is 0 Å². The lowest BCUT2D eigenvalue weighted by Crippen LogP contribution is -2.61. The van der Waals surface area contributed by atoms with Crippen LogP contribution in [0.3, 0.4) is 0 Å². The van der Waals surface area contributed by atoms with Crippen molar-refractivity contribution >= 4 is 172 Å². The molecule has 0 amide bonds. The van der Waals surface area contributed by atoms with E-state index in [1.807, 2.05) is 0 Å². The summed E-state index contributed by atoms with van der Waals surface area (Å²) in [5.41, 5.74) is 51.9. The summed E-state index contributed by atoms with van der Waals surface area (Å²) in [6, 6.07) is 129. The molecule has 6 aliphatic rings. The normalized spacial score (nSPS) is 14.4. The summed E-state index contributed by atoms with van der Waals surface area (Å²) in [4.78, 5) is 15.5. The molecule has 9 heteroatoms. The van der Waals surface area contributed by atoms with Crippen LogP contribution in [-0.4, -0.2) is 20.1 Å². The highest BCUT2D eigenvalue weighted by molar-refractivity contribution is 7.02. The van der Waals surface area contributed by atoms with Crippen LogP contribution < -0.4 is 78.6 Å². The lowest BCUT2D eigenvalue weighted by atomic mass is 9.33. The molecule has 6 heterocycles. The molecule has 0 bridgehead atoms. The van der Waals surface area contributed by atoms with Gasteiger partial charge in [-0.05, 0) is 358 Å². The number of hydrogen-bond donors (Lipinski definition) is 0. The molecule has 16 aromatic carbocycles. The minimum Gasteiger partial charge on any atom is -0.311 e. The topological polar surface area (TPSA) is 19.4 Å². The number of hydrogen-bond acceptors (Lipinski definition) is 6. The van der Waals surface area contributed by atoms with Crippen molar-refractivity contribution in [2.24, 2.45) is 0 Å². The third kappa shape index (κ3) is 15.9. The van der Waals surface area contributed by atoms with Crippen LogP contribution in [0.5, 0.6) is 0 Å². The largest absolute Gasteiger partial charge is 0.311 e. The summed E-state index contributed by atoms with van der Waals surface area (Å²) in [7, 11) is 0. The van der Waals surface area contributed by atoms with Crippen molar-refractivity contribution in [1.29, 1.82) is 0 Å². The van der Waals surface area contributed by atoms with Crippen molar-refractivity contribution in [2.75, 3.05) is 29.4 Å². The molecule has 0 atom stereocenters. The fourth-order valence-corrected chi connectivity index (χ4v) is 23.4. The molecular weight excluding hydrogens is 1710 g/mol. The van der Waals surface area contributed by atoms with Gasteiger partial charge in [0.25, 0.3) is 20.1 Å². The van der Waals surface area contributed by atoms with Gasteiger partial charge in [0.1, 0.15) is 0 Å². The predicted molar refractivity (Wildman–Crippen MR) is 618 cm³/mol. The third-order valence-electron chi connectivity index (χ3n) is 31.7. The van der Waals surface area contributed by atoms with Crippen molar-refractivity contribution in [3.05, 3.63) is 377 Å². The molecule has 0 N–H and O–H groups in total. The smallest absolute Gasteiger partial charge is 0.252 e. The molecule has 22 rings (SSSR count). The fourth-order valence-electron chi connectivity index (χ4n) is 23.4. The molecule has 0 fully saturated rings. The first-order valence-corrected chi connectivity index (χ1v) is 51.9. The van der Waals surface area contributed by atoms with Crippen molar-refractivity contribution in [1.82, 2.24) is 0 Å². The Hall–Kier alpha value is -13.5. The first-order valence-electron chi connectivity index (χ1n) is 51.9. The van der Waals surface area contributed by atoms with Crippen molar-refractivity contribution in [3.8, 4) is 33.4 Å². The summed E-state index contributed by atoms with van der Waals surface area (Å²) in [6.07, 6.45) is 0. The summed E-state index contributed by atoms with van der Waals surface area (Å²) in [6.45, 7) is 65.0. The standard InChI is InChI=1S/C133H137B3N6/c1-82-71-120-124-121(72-82)142(103-63-48-94(49-64-103)130(17,18)19)115-70-52-97(133(26,27)28)81-109(115)136(124)106-78-85(37-67-112(106)141(120)102-61-46-93(47-62-102)129(14,15)16)88-74-86(83-35-65-110-104(76-83)134-107-79-95(131(20,21)22)50-68-113(107)139(100-57-42-91(43-58-100)127(8,9)10)118-33-29-31-116(122(118)134)137(110)98-53-38-89(39-54-98)125(2,3)4)73-87(75-88)84-36-66-111-105(77-84)135-108-80-96(132(23,24)25)51-69-114(108)140(101-59-44-92(45-60-101)128(11,12)13)119-34-30-32-117(123(119)135)138(111)99-55-40-90(41-56-99)126(5,6)7/h29-81H,1-28H3. The quantitative estimate of drug-likeness (QED) is 0.133. The molecule has 6 aliphatic heterocycles. The van der Waals surface area contributed by atoms with E-state index in [4.69, 9.17) is 0 Å². The van der Waals surface area contributed by atoms with E-state index in [0.717, 1.165) is 67.5 Å². The van der Waals surface area contributed by atoms with Crippen molar-refractivity contribution in [2.45, 2.75) is 243 Å². The zero-order chi connectivity index (χ0) is 100.0. The molecule has 16 aromatic rings. The Morgan fingerprint density at radius 3 is 0.514 bits per heavy atom. The van der Waals surface area contributed by atoms with Crippen molar-refractivity contribution < 1.29 is 0 Å². The van der Waals surface area contributed by atoms with Gasteiger partial charge in [-0.25, -0.2) is 0 Å². The average Bonchev–Trinajstić information content (AvgIpc) is 0.703. The van der Waals surface area contributed by atoms with E-state index in [-0.39, 0.29) is 68.9 Å². The predicted octanol–water partition coefficient (Wildman–Crippen LogP) is 30.9. The van der Waals surface area contributed by atoms with E-state index < -0.39 is 0 Å². The summed E-state index contributed by atoms with van der Waals surface area (Å²) < 4.78 is 0. The minimum atomic E-state index is -0.162. The monoisotopic (exact) mass is 1850 g/mol. The van der Waals surface area contributed by atoms with Crippen LogP contribution in [0.1, 0.15) is 243 Å². The molecular formula is C133H137B3N6. The highest BCUT2D eigenvalue weighted by Crippen LogP contribution is 2.53. The second kappa shape index (κ2) is 32.8. The van der Waals surface area contributed by atoms with Gasteiger partial charge in [-0.2, -0.15) is 0 Å². The Kier molecular flexibility index (Phi) is 21.6. The highest BCUT2D eigenvalue weighted by Gasteiger charge is 2.49. The molecule has 0 unspecified atom stereocenters. The summed E-state index contributed by atoms with van der Waals surface area (Å²) in [5.74, 6) is 0. The lowest BCUT2D eigenvalue weighted by Gasteiger charge is -2.45. The Morgan fingerprint density at radius 2 is 0.317 bits per heavy atom. The van der Waals surface area contributed by atoms with Crippen LogP contribution in [0.2, 0.25) is 0 Å². The Morgan fingerprint density at radius 1 is 0.148 bits per heavy atom. The Bertz CT molecular complexity index is 7410. The number of anilines is 18. The molecule has 0 radical (unpaired) electrons. The van der Waals surface area contributed by atoms with E-state index >= 15 is 0 Å². The van der Waals surface area contributed by atoms with Gasteiger partial charge in [0.05, 0.1) is 0 Å². The third-order valence-corrected chi connectivity index (χ3v) is 31.7. The first kappa shape index (κ1) is 93.5. The molecule has 0 aliphatic carbocycles. The summed E-state index contributed by atoms with van der Waals surface area (Å²) >= 11 is 0. The van der Waals surface area contributed by atoms with Crippen LogP contribution in [-0.2, 0) is 48.7 Å². The zero-order valence-electron chi connectivity index (χ0n) is 89.0. The molecule has 0 aromatic heterocycles. The van der Waals surface area contributed by atoms with Crippen LogP contribution in [0.15, 0.2) is 322 Å². The van der Waals surface area contributed by atoms with Gasteiger partial charge in [0, 0.05) is 102 Å². The minimum absolute atomic E-state index is 0.0228. The van der Waals surface area contributed by atoms with Crippen LogP contribution in [0.4, 0.5) is 102 Å². The maximum atomic E-state index is 2.62. The number of benzene rings is 16. The van der Waals surface area contributed by atoms with E-state index in [2.05, 4.69) is 545 Å². The van der Waals surface area contributed by atoms with Gasteiger partial charge in [-0.15, -0.1) is 0 Å². The van der Waals surface area contributed by atoms with Crippen LogP contribution >= 0.6 is 0 Å². The number of fused-ring (bicyclic) bond motifs is 12. The average molecular weight is 1850 g/mol. The van der Waals surface area contributed by atoms with Gasteiger partial charge >= 0.3 is 0 Å². The van der Waals surface area contributed by atoms with Gasteiger partial charge in [0.2, 0.25) is 0 Å². The maximum absolute atomic E-state index is 2.62. The zero-order valence-corrected chi connectivity index (χ0v) is 89.0. The maximum Gasteiger partial charge on any atom is 0.252 e. The molecule has 0 saturated carbocycles. The van der Waals surface area contributed by atoms with Crippen molar-refractivity contribution in [3.63, 3.8) is 0 Å². The SMILES string of the molecule is Cc1cc2c3c(c1)N(c1ccc(C(C)(C)C)cc1)c1ccc(C(C)(C)C)cc1B3c1cc(-c3cc(-c4ccc5c(c4)B4c6cc(C(C)(C)C)ccc6N(c6ccc(C(C)(C)C)cc6)c6cccc(c64)N5c4ccc(C(C)(C)C)cc4)cc(-c4ccc5c(c4)B4c6cc(C(C)(C)C)ccc6N(c6ccc(C(C)(C)C)cc6)c6cccc(c64)N5c4ccc(C(C)(C)C)cc4)c3)ccc1N2c1ccc(C(C)(C)C)cc1. The second-order valence-electron chi connectivity index (χ2n) is 50.9. The highest BCUT2D eigenvalue weighted by atomic mass is 15.2. The molecule has 6 nitrogen and oxygen atoms in total. The molecule has 142 heavy (non-hydrogen) atoms. The molecule has 708 valence electrons. The lowest BCUT2D eigenvalue weighted by molar-refractivity contribution is 0.590. The van der Waals surface area contributed by atoms with Gasteiger partial charge in [-0.1, -0.05) is 345 Å². The van der Waals surface area contributed by atoms with Gasteiger partial charge in [-0.3, -0.25) is 0 Å². The number of nitrogens with zero attached hydrogens (tertiary/aromatic N) is 6. The van der Waals surface area contributed by atoms with Gasteiger partial charge in [0.15, 0.2) is 0 Å². The van der Waals surface area contributed by atoms with E-state index in [1.165, 1.54) is 173 Å². The Labute approximate surface area is 848 Å². The van der Waals surface area contributed by atoms with E-state index in [1.54, 1.807) is 0 Å². The first-order chi connectivity index (χ1) is 67.0. The van der Waals surface area contributed by atoms with E-state index in [9.17, 15) is 0 Å². The fraction of sp³-hybridized carbons (Fsp3) is 0.278. The second-order valence-corrected chi connectivity index (χ2v) is 50.9.